The van der Waals surface area contributed by atoms with Gasteiger partial charge in [0.2, 0.25) is 0 Å². The molecule has 0 saturated carbocycles. The van der Waals surface area contributed by atoms with Crippen molar-refractivity contribution in [3.8, 4) is 0 Å². The van der Waals surface area contributed by atoms with Crippen molar-refractivity contribution in [2.24, 2.45) is 0 Å². The van der Waals surface area contributed by atoms with Crippen LogP contribution in [0.15, 0.2) is 41.8 Å². The number of benzene rings is 1. The monoisotopic (exact) mass is 436 g/mol. The Hall–Kier alpha value is -1.93. The van der Waals surface area contributed by atoms with Crippen LogP contribution in [0.3, 0.4) is 0 Å². The maximum Gasteiger partial charge on any atom is 0.255 e. The highest BCUT2D eigenvalue weighted by atomic mass is 35.5. The highest BCUT2D eigenvalue weighted by molar-refractivity contribution is 7.09. The quantitative estimate of drug-likeness (QED) is 0.622. The zero-order chi connectivity index (χ0) is 20.8. The molecule has 3 unspecified atom stereocenters. The third-order valence-corrected chi connectivity index (χ3v) is 6.30. The summed E-state index contributed by atoms with van der Waals surface area (Å²) in [5, 5.41) is 25.7. The molecule has 0 radical (unpaired) electrons. The first kappa shape index (κ1) is 21.8. The fourth-order valence-electron chi connectivity index (χ4n) is 3.54. The fraction of sp³-hybridized carbons (Fsp3) is 0.429. The number of likely N-dealkylation sites (tertiary alicyclic amines) is 1. The van der Waals surface area contributed by atoms with E-state index in [1.54, 1.807) is 28.4 Å². The Labute approximate surface area is 179 Å². The van der Waals surface area contributed by atoms with Gasteiger partial charge in [0.15, 0.2) is 12.2 Å². The van der Waals surface area contributed by atoms with E-state index in [0.717, 1.165) is 29.7 Å². The van der Waals surface area contributed by atoms with Gasteiger partial charge in [0, 0.05) is 23.0 Å². The van der Waals surface area contributed by atoms with Crippen LogP contribution in [0, 0.1) is 0 Å². The van der Waals surface area contributed by atoms with Gasteiger partial charge in [0.25, 0.3) is 11.8 Å². The van der Waals surface area contributed by atoms with Gasteiger partial charge in [0.1, 0.15) is 0 Å². The van der Waals surface area contributed by atoms with Crippen LogP contribution in [0.25, 0.3) is 0 Å². The Bertz CT molecular complexity index is 813. The predicted molar refractivity (Wildman–Crippen MR) is 113 cm³/mol. The van der Waals surface area contributed by atoms with Crippen LogP contribution >= 0.6 is 22.9 Å². The maximum atomic E-state index is 12.9. The minimum atomic E-state index is -1.81. The Morgan fingerprint density at radius 2 is 1.93 bits per heavy atom. The average Bonchev–Trinajstić information content (AvgIpc) is 3.26. The van der Waals surface area contributed by atoms with Crippen molar-refractivity contribution in [1.82, 2.24) is 10.2 Å². The first-order chi connectivity index (χ1) is 14.0. The number of carbonyl (C=O) groups excluding carboxylic acids is 2. The number of thiophene rings is 1. The largest absolute Gasteiger partial charge is 0.380 e. The molecule has 0 spiro atoms. The van der Waals surface area contributed by atoms with Gasteiger partial charge in [-0.25, -0.2) is 0 Å². The number of hydrogen-bond donors (Lipinski definition) is 3. The number of amides is 2. The van der Waals surface area contributed by atoms with Crippen LogP contribution < -0.4 is 5.32 Å². The summed E-state index contributed by atoms with van der Waals surface area (Å²) in [6.45, 7) is 0.796. The van der Waals surface area contributed by atoms with Crippen LogP contribution in [0.1, 0.15) is 35.7 Å². The third kappa shape index (κ3) is 5.57. The molecular weight excluding hydrogens is 412 g/mol. The first-order valence-electron chi connectivity index (χ1n) is 9.69. The van der Waals surface area contributed by atoms with Gasteiger partial charge in [-0.05, 0) is 54.8 Å². The minimum absolute atomic E-state index is 0.211. The van der Waals surface area contributed by atoms with E-state index in [-0.39, 0.29) is 6.04 Å². The summed E-state index contributed by atoms with van der Waals surface area (Å²) in [5.74, 6) is -1.38. The predicted octanol–water partition coefficient (Wildman–Crippen LogP) is 2.54. The molecule has 1 aromatic heterocycles. The van der Waals surface area contributed by atoms with Crippen LogP contribution in [0.4, 0.5) is 0 Å². The van der Waals surface area contributed by atoms with E-state index in [0.29, 0.717) is 24.5 Å². The van der Waals surface area contributed by atoms with Gasteiger partial charge in [-0.2, -0.15) is 0 Å². The summed E-state index contributed by atoms with van der Waals surface area (Å²) in [5.41, 5.74) is 0.921. The second-order valence-corrected chi connectivity index (χ2v) is 8.57. The Kier molecular flexibility index (Phi) is 7.66. The van der Waals surface area contributed by atoms with Crippen molar-refractivity contribution in [3.63, 3.8) is 0 Å². The zero-order valence-electron chi connectivity index (χ0n) is 16.0. The van der Waals surface area contributed by atoms with E-state index >= 15 is 0 Å². The highest BCUT2D eigenvalue weighted by Crippen LogP contribution is 2.32. The maximum absolute atomic E-state index is 12.9. The number of rotatable bonds is 7. The fourth-order valence-corrected chi connectivity index (χ4v) is 4.38. The summed E-state index contributed by atoms with van der Waals surface area (Å²) in [7, 11) is 0. The number of aliphatic hydroxyl groups is 2. The van der Waals surface area contributed by atoms with Crippen molar-refractivity contribution < 1.29 is 19.8 Å². The molecule has 1 saturated heterocycles. The number of halogens is 1. The van der Waals surface area contributed by atoms with Gasteiger partial charge in [-0.3, -0.25) is 9.59 Å². The number of hydrogen-bond acceptors (Lipinski definition) is 5. The second-order valence-electron chi connectivity index (χ2n) is 7.10. The summed E-state index contributed by atoms with van der Waals surface area (Å²) in [6.07, 6.45) is -0.457. The van der Waals surface area contributed by atoms with Gasteiger partial charge in [-0.15, -0.1) is 11.3 Å². The molecule has 1 fully saturated rings. The number of carbonyl (C=O) groups is 2. The molecule has 8 heteroatoms. The van der Waals surface area contributed by atoms with E-state index in [4.69, 9.17) is 11.6 Å². The lowest BCUT2D eigenvalue weighted by Gasteiger charge is -2.37. The van der Waals surface area contributed by atoms with Gasteiger partial charge >= 0.3 is 0 Å². The van der Waals surface area contributed by atoms with Crippen LogP contribution in [-0.2, 0) is 16.0 Å². The molecule has 0 bridgehead atoms. The van der Waals surface area contributed by atoms with Crippen molar-refractivity contribution in [3.05, 3.63) is 57.2 Å². The minimum Gasteiger partial charge on any atom is -0.380 e. The lowest BCUT2D eigenvalue weighted by Crippen LogP contribution is -2.52. The Morgan fingerprint density at radius 1 is 1.17 bits per heavy atom. The summed E-state index contributed by atoms with van der Waals surface area (Å²) >= 11 is 7.53. The topological polar surface area (TPSA) is 89.9 Å². The molecule has 2 amide bonds. The van der Waals surface area contributed by atoms with E-state index in [9.17, 15) is 19.8 Å². The molecule has 3 N–H and O–H groups in total. The highest BCUT2D eigenvalue weighted by Gasteiger charge is 2.37. The SMILES string of the molecule is O=C(NCCc1cccs1)C(O)C(O)C(=O)N1CCCCC1c1ccc(Cl)cc1. The number of aliphatic hydroxyl groups excluding tert-OH is 2. The molecule has 0 aliphatic carbocycles. The van der Waals surface area contributed by atoms with Gasteiger partial charge in [-0.1, -0.05) is 29.8 Å². The average molecular weight is 437 g/mol. The van der Waals surface area contributed by atoms with E-state index in [1.165, 1.54) is 0 Å². The molecule has 3 atom stereocenters. The molecule has 2 heterocycles. The van der Waals surface area contributed by atoms with Crippen LogP contribution in [0.5, 0.6) is 0 Å². The number of nitrogens with one attached hydrogen (secondary N) is 1. The normalized spacial score (nSPS) is 18.9. The van der Waals surface area contributed by atoms with Crippen LogP contribution in [-0.4, -0.2) is 52.2 Å². The number of piperidine rings is 1. The molecule has 1 aromatic carbocycles. The summed E-state index contributed by atoms with van der Waals surface area (Å²) in [6, 6.07) is 10.9. The molecule has 6 nitrogen and oxygen atoms in total. The zero-order valence-corrected chi connectivity index (χ0v) is 17.5. The van der Waals surface area contributed by atoms with Gasteiger partial charge < -0.3 is 20.4 Å². The van der Waals surface area contributed by atoms with Crippen molar-refractivity contribution in [2.45, 2.75) is 43.9 Å². The van der Waals surface area contributed by atoms with Gasteiger partial charge in [0.05, 0.1) is 6.04 Å². The van der Waals surface area contributed by atoms with Crippen molar-refractivity contribution in [1.29, 1.82) is 0 Å². The smallest absolute Gasteiger partial charge is 0.255 e. The van der Waals surface area contributed by atoms with E-state index < -0.39 is 24.0 Å². The lowest BCUT2D eigenvalue weighted by molar-refractivity contribution is -0.156. The van der Waals surface area contributed by atoms with E-state index in [1.807, 2.05) is 29.6 Å². The summed E-state index contributed by atoms with van der Waals surface area (Å²) < 4.78 is 0. The molecule has 3 rings (SSSR count). The van der Waals surface area contributed by atoms with Crippen LogP contribution in [0.2, 0.25) is 5.02 Å². The molecule has 156 valence electrons. The van der Waals surface area contributed by atoms with Crippen molar-refractivity contribution in [2.75, 3.05) is 13.1 Å². The standard InChI is InChI=1S/C21H25ClN2O4S/c22-15-8-6-14(7-9-15)17-5-1-2-12-24(17)21(28)19(26)18(25)20(27)23-11-10-16-4-3-13-29-16/h3-4,6-9,13,17-19,25-26H,1-2,5,10-12H2,(H,23,27). The first-order valence-corrected chi connectivity index (χ1v) is 11.0. The molecular formula is C21H25ClN2O4S. The third-order valence-electron chi connectivity index (χ3n) is 5.11. The number of nitrogens with zero attached hydrogens (tertiary/aromatic N) is 1. The Balaban J connectivity index is 1.60. The van der Waals surface area contributed by atoms with E-state index in [2.05, 4.69) is 5.32 Å². The lowest BCUT2D eigenvalue weighted by atomic mass is 9.94. The summed E-state index contributed by atoms with van der Waals surface area (Å²) in [4.78, 5) is 27.7. The Morgan fingerprint density at radius 3 is 2.62 bits per heavy atom. The second kappa shape index (κ2) is 10.2. The molecule has 1 aliphatic rings. The molecule has 2 aromatic rings. The molecule has 1 aliphatic heterocycles. The molecule has 29 heavy (non-hydrogen) atoms. The van der Waals surface area contributed by atoms with Crippen molar-refractivity contribution >= 4 is 34.8 Å².